The van der Waals surface area contributed by atoms with Crippen molar-refractivity contribution >= 4 is 17.8 Å². The van der Waals surface area contributed by atoms with E-state index in [2.05, 4.69) is 34.6 Å². The number of hydrogen-bond donors (Lipinski definition) is 2. The molecule has 0 aliphatic carbocycles. The molecule has 23 heavy (non-hydrogen) atoms. The van der Waals surface area contributed by atoms with Crippen molar-refractivity contribution in [1.82, 2.24) is 20.1 Å². The first-order valence-corrected chi connectivity index (χ1v) is 8.17. The maximum absolute atomic E-state index is 12.5. The lowest BCUT2D eigenvalue weighted by atomic mass is 10.1. The summed E-state index contributed by atoms with van der Waals surface area (Å²) in [5.74, 6) is 0.987. The van der Waals surface area contributed by atoms with Gasteiger partial charge in [-0.05, 0) is 18.8 Å². The van der Waals surface area contributed by atoms with E-state index in [0.717, 1.165) is 19.4 Å². The van der Waals surface area contributed by atoms with Gasteiger partial charge in [0.05, 0.1) is 12.5 Å². The van der Waals surface area contributed by atoms with Gasteiger partial charge in [-0.1, -0.05) is 13.8 Å². The van der Waals surface area contributed by atoms with Crippen LogP contribution in [0, 0.1) is 5.92 Å². The zero-order chi connectivity index (χ0) is 16.4. The summed E-state index contributed by atoms with van der Waals surface area (Å²) < 4.78 is 7.03. The number of aromatic nitrogens is 3. The maximum atomic E-state index is 12.5. The van der Waals surface area contributed by atoms with Gasteiger partial charge in [-0.25, -0.2) is 4.68 Å². The Morgan fingerprint density at radius 2 is 2.35 bits per heavy atom. The second-order valence-electron chi connectivity index (χ2n) is 6.54. The molecule has 2 aliphatic heterocycles. The zero-order valence-corrected chi connectivity index (χ0v) is 13.5. The van der Waals surface area contributed by atoms with Crippen LogP contribution in [0.2, 0.25) is 0 Å². The number of anilines is 1. The summed E-state index contributed by atoms with van der Waals surface area (Å²) in [6.07, 6.45) is 2.84. The van der Waals surface area contributed by atoms with Crippen molar-refractivity contribution in [3.05, 3.63) is 5.82 Å². The molecule has 1 fully saturated rings. The van der Waals surface area contributed by atoms with Crippen molar-refractivity contribution < 1.29 is 14.3 Å². The number of carbonyl (C=O) groups is 2. The number of nitrogens with zero attached hydrogens (tertiary/aromatic N) is 3. The molecular formula is C15H23N5O3. The standard InChI is InChI=1S/C15H23N5O3/c1-9(2)6-12-17-15-18-13(21)7-11(20(15)19-12)14(22)16-8-10-4-3-5-23-10/h9-11H,3-8H2,1-2H3,(H,16,22)(H,17,18,19,21)/t10-,11-/m0/s1. The number of carbonyl (C=O) groups excluding carboxylic acids is 2. The van der Waals surface area contributed by atoms with Crippen LogP contribution in [0.1, 0.15) is 45.0 Å². The van der Waals surface area contributed by atoms with E-state index in [1.54, 1.807) is 0 Å². The van der Waals surface area contributed by atoms with Crippen molar-refractivity contribution in [1.29, 1.82) is 0 Å². The van der Waals surface area contributed by atoms with Crippen LogP contribution in [-0.2, 0) is 20.7 Å². The summed E-state index contributed by atoms with van der Waals surface area (Å²) in [7, 11) is 0. The molecule has 2 atom stereocenters. The predicted molar refractivity (Wildman–Crippen MR) is 82.8 cm³/mol. The molecule has 1 aromatic heterocycles. The van der Waals surface area contributed by atoms with Gasteiger partial charge in [-0.2, -0.15) is 10.1 Å². The highest BCUT2D eigenvalue weighted by Crippen LogP contribution is 2.23. The van der Waals surface area contributed by atoms with Gasteiger partial charge in [-0.3, -0.25) is 14.9 Å². The van der Waals surface area contributed by atoms with E-state index in [4.69, 9.17) is 4.74 Å². The molecule has 8 heteroatoms. The van der Waals surface area contributed by atoms with Gasteiger partial charge in [0.2, 0.25) is 17.8 Å². The van der Waals surface area contributed by atoms with Crippen LogP contribution in [-0.4, -0.2) is 45.8 Å². The number of fused-ring (bicyclic) bond motifs is 1. The van der Waals surface area contributed by atoms with Gasteiger partial charge in [0, 0.05) is 19.6 Å². The Morgan fingerprint density at radius 1 is 1.52 bits per heavy atom. The molecule has 0 bridgehead atoms. The Morgan fingerprint density at radius 3 is 3.04 bits per heavy atom. The molecule has 8 nitrogen and oxygen atoms in total. The van der Waals surface area contributed by atoms with E-state index in [0.29, 0.717) is 30.7 Å². The SMILES string of the molecule is CC(C)Cc1nc2n(n1)[C@H](C(=O)NC[C@@H]1CCCO1)CC(=O)N2. The number of ether oxygens (including phenoxy) is 1. The molecule has 0 unspecified atom stereocenters. The van der Waals surface area contributed by atoms with E-state index >= 15 is 0 Å². The lowest BCUT2D eigenvalue weighted by molar-refractivity contribution is -0.129. The van der Waals surface area contributed by atoms with Gasteiger partial charge < -0.3 is 10.1 Å². The molecule has 3 rings (SSSR count). The Labute approximate surface area is 135 Å². The first-order valence-electron chi connectivity index (χ1n) is 8.17. The van der Waals surface area contributed by atoms with E-state index in [9.17, 15) is 9.59 Å². The molecule has 1 saturated heterocycles. The minimum absolute atomic E-state index is 0.0723. The van der Waals surface area contributed by atoms with Gasteiger partial charge in [0.25, 0.3) is 0 Å². The molecule has 2 amide bonds. The summed E-state index contributed by atoms with van der Waals surface area (Å²) in [4.78, 5) is 28.6. The molecule has 0 aromatic carbocycles. The number of amides is 2. The van der Waals surface area contributed by atoms with Crippen LogP contribution in [0.4, 0.5) is 5.95 Å². The summed E-state index contributed by atoms with van der Waals surface area (Å²) in [5, 5.41) is 9.96. The monoisotopic (exact) mass is 321 g/mol. The van der Waals surface area contributed by atoms with Gasteiger partial charge in [0.15, 0.2) is 5.82 Å². The van der Waals surface area contributed by atoms with E-state index in [1.165, 1.54) is 4.68 Å². The highest BCUT2D eigenvalue weighted by atomic mass is 16.5. The molecule has 1 aromatic rings. The minimum atomic E-state index is -0.645. The lowest BCUT2D eigenvalue weighted by Gasteiger charge is -2.23. The van der Waals surface area contributed by atoms with Crippen LogP contribution < -0.4 is 10.6 Å². The minimum Gasteiger partial charge on any atom is -0.376 e. The van der Waals surface area contributed by atoms with E-state index < -0.39 is 6.04 Å². The van der Waals surface area contributed by atoms with Crippen LogP contribution >= 0.6 is 0 Å². The Bertz CT molecular complexity index is 592. The van der Waals surface area contributed by atoms with E-state index in [-0.39, 0.29) is 24.3 Å². The third-order valence-corrected chi connectivity index (χ3v) is 4.02. The Hall–Kier alpha value is -1.96. The molecule has 0 saturated carbocycles. The van der Waals surface area contributed by atoms with Crippen molar-refractivity contribution in [3.8, 4) is 0 Å². The number of hydrogen-bond acceptors (Lipinski definition) is 5. The van der Waals surface area contributed by atoms with Gasteiger partial charge >= 0.3 is 0 Å². The summed E-state index contributed by atoms with van der Waals surface area (Å²) in [6, 6.07) is -0.645. The normalized spacial score (nSPS) is 23.7. The van der Waals surface area contributed by atoms with Crippen LogP contribution in [0.15, 0.2) is 0 Å². The average Bonchev–Trinajstić information content (AvgIpc) is 3.11. The molecular weight excluding hydrogens is 298 g/mol. The third kappa shape index (κ3) is 3.69. The molecule has 2 aliphatic rings. The molecule has 126 valence electrons. The fourth-order valence-corrected chi connectivity index (χ4v) is 2.90. The molecule has 0 radical (unpaired) electrons. The Balaban J connectivity index is 1.70. The maximum Gasteiger partial charge on any atom is 0.245 e. The summed E-state index contributed by atoms with van der Waals surface area (Å²) >= 11 is 0. The number of nitrogens with one attached hydrogen (secondary N) is 2. The quantitative estimate of drug-likeness (QED) is 0.830. The largest absolute Gasteiger partial charge is 0.376 e. The highest BCUT2D eigenvalue weighted by molar-refractivity contribution is 5.96. The van der Waals surface area contributed by atoms with Crippen molar-refractivity contribution in [2.45, 2.75) is 51.7 Å². The van der Waals surface area contributed by atoms with Crippen molar-refractivity contribution in [2.75, 3.05) is 18.5 Å². The molecule has 2 N–H and O–H groups in total. The predicted octanol–water partition coefficient (Wildman–Crippen LogP) is 0.655. The van der Waals surface area contributed by atoms with Crippen LogP contribution in [0.5, 0.6) is 0 Å². The average molecular weight is 321 g/mol. The van der Waals surface area contributed by atoms with Crippen LogP contribution in [0.25, 0.3) is 0 Å². The summed E-state index contributed by atoms with van der Waals surface area (Å²) in [5.41, 5.74) is 0. The lowest BCUT2D eigenvalue weighted by Crippen LogP contribution is -2.41. The number of rotatable bonds is 5. The molecule has 0 spiro atoms. The first-order chi connectivity index (χ1) is 11.0. The van der Waals surface area contributed by atoms with Gasteiger partial charge in [0.1, 0.15) is 6.04 Å². The second-order valence-corrected chi connectivity index (χ2v) is 6.54. The van der Waals surface area contributed by atoms with E-state index in [1.807, 2.05) is 0 Å². The summed E-state index contributed by atoms with van der Waals surface area (Å²) in [6.45, 7) is 5.37. The van der Waals surface area contributed by atoms with Crippen molar-refractivity contribution in [3.63, 3.8) is 0 Å². The van der Waals surface area contributed by atoms with Crippen molar-refractivity contribution in [2.24, 2.45) is 5.92 Å². The smallest absolute Gasteiger partial charge is 0.245 e. The zero-order valence-electron chi connectivity index (χ0n) is 13.5. The fraction of sp³-hybridized carbons (Fsp3) is 0.733. The second kappa shape index (κ2) is 6.66. The third-order valence-electron chi connectivity index (χ3n) is 4.02. The molecule has 3 heterocycles. The highest BCUT2D eigenvalue weighted by Gasteiger charge is 2.33. The van der Waals surface area contributed by atoms with Crippen LogP contribution in [0.3, 0.4) is 0 Å². The van der Waals surface area contributed by atoms with Gasteiger partial charge in [-0.15, -0.1) is 0 Å². The topological polar surface area (TPSA) is 98.1 Å². The first kappa shape index (κ1) is 15.9. The fourth-order valence-electron chi connectivity index (χ4n) is 2.90. The Kier molecular flexibility index (Phi) is 4.61.